The predicted molar refractivity (Wildman–Crippen MR) is 97.4 cm³/mol. The number of fused-ring (bicyclic) bond motifs is 2. The van der Waals surface area contributed by atoms with Gasteiger partial charge in [0.1, 0.15) is 5.75 Å². The van der Waals surface area contributed by atoms with Gasteiger partial charge in [-0.05, 0) is 24.3 Å². The highest BCUT2D eigenvalue weighted by atomic mass is 19.3. The number of anilines is 2. The van der Waals surface area contributed by atoms with E-state index in [0.717, 1.165) is 24.3 Å². The van der Waals surface area contributed by atoms with E-state index in [2.05, 4.69) is 9.47 Å². The number of terminal acetylenes is 1. The van der Waals surface area contributed by atoms with Crippen LogP contribution in [0.4, 0.5) is 33.3 Å². The largest absolute Gasteiger partial charge is 0.483 e. The van der Waals surface area contributed by atoms with E-state index < -0.39 is 65.7 Å². The average Bonchev–Trinajstić information content (AvgIpc) is 2.95. The summed E-state index contributed by atoms with van der Waals surface area (Å²) >= 11 is 0. The number of ether oxygens (including phenoxy) is 2. The lowest BCUT2D eigenvalue weighted by Crippen LogP contribution is -2.51. The van der Waals surface area contributed by atoms with Crippen LogP contribution >= 0.6 is 0 Å². The van der Waals surface area contributed by atoms with Crippen LogP contribution in [0.3, 0.4) is 0 Å². The van der Waals surface area contributed by atoms with Gasteiger partial charge in [0.05, 0.1) is 29.0 Å². The van der Waals surface area contributed by atoms with Gasteiger partial charge in [-0.25, -0.2) is 9.29 Å². The van der Waals surface area contributed by atoms with Gasteiger partial charge in [-0.1, -0.05) is 5.92 Å². The zero-order chi connectivity index (χ0) is 23.4. The average molecular weight is 452 g/mol. The van der Waals surface area contributed by atoms with E-state index in [1.807, 2.05) is 5.92 Å². The Kier molecular flexibility index (Phi) is 4.77. The molecule has 2 aromatic carbocycles. The molecule has 0 saturated heterocycles. The van der Waals surface area contributed by atoms with Crippen molar-refractivity contribution in [3.8, 4) is 23.8 Å². The van der Waals surface area contributed by atoms with E-state index in [-0.39, 0.29) is 11.1 Å². The zero-order valence-electron chi connectivity index (χ0n) is 15.6. The number of hydrogen-bond acceptors (Lipinski definition) is 5. The molecule has 7 nitrogen and oxygen atoms in total. The third-order valence-electron chi connectivity index (χ3n) is 4.62. The van der Waals surface area contributed by atoms with Gasteiger partial charge in [-0.2, -0.15) is 17.6 Å². The number of halogens is 5. The van der Waals surface area contributed by atoms with E-state index in [0.29, 0.717) is 15.9 Å². The fourth-order valence-electron chi connectivity index (χ4n) is 3.31. The fraction of sp³-hybridized carbons (Fsp3) is 0.150. The third kappa shape index (κ3) is 3.18. The summed E-state index contributed by atoms with van der Waals surface area (Å²) in [4.78, 5) is 38.3. The standard InChI is InChI=1S/C20H9F5N2O5/c1-2-5-26-14-8-13(12(21)7-15(14)32-20(24,25)18(26)30)27-16(28)10-4-3-9(31-19(22)23)6-11(10)17(27)29/h1,3-4,6-8,19H,5H2. The lowest BCUT2D eigenvalue weighted by Gasteiger charge is -2.33. The minimum absolute atomic E-state index is 0.229. The topological polar surface area (TPSA) is 76.2 Å². The molecule has 0 radical (unpaired) electrons. The molecule has 4 rings (SSSR count). The summed E-state index contributed by atoms with van der Waals surface area (Å²) < 4.78 is 75.8. The van der Waals surface area contributed by atoms with Crippen LogP contribution in [0.5, 0.6) is 11.5 Å². The van der Waals surface area contributed by atoms with Crippen molar-refractivity contribution < 1.29 is 45.8 Å². The Hall–Kier alpha value is -4.14. The van der Waals surface area contributed by atoms with Gasteiger partial charge in [0.25, 0.3) is 11.8 Å². The number of rotatable bonds is 4. The summed E-state index contributed by atoms with van der Waals surface area (Å²) in [6.07, 6.45) is 0.809. The summed E-state index contributed by atoms with van der Waals surface area (Å²) in [5, 5.41) is 0. The summed E-state index contributed by atoms with van der Waals surface area (Å²) in [5.74, 6) is -4.36. The molecule has 0 unspecified atom stereocenters. The monoisotopic (exact) mass is 452 g/mol. The Labute approximate surface area is 175 Å². The molecule has 2 aliphatic rings. The molecular formula is C20H9F5N2O5. The van der Waals surface area contributed by atoms with E-state index in [1.165, 1.54) is 0 Å². The predicted octanol–water partition coefficient (Wildman–Crippen LogP) is 3.18. The first-order chi connectivity index (χ1) is 15.0. The minimum Gasteiger partial charge on any atom is -0.435 e. The van der Waals surface area contributed by atoms with Crippen LogP contribution in [0, 0.1) is 18.2 Å². The maximum atomic E-state index is 14.8. The van der Waals surface area contributed by atoms with E-state index in [4.69, 9.17) is 6.42 Å². The normalized spacial score (nSPS) is 16.6. The van der Waals surface area contributed by atoms with Gasteiger partial charge in [0.2, 0.25) is 0 Å². The Bertz CT molecular complexity index is 1220. The summed E-state index contributed by atoms with van der Waals surface area (Å²) in [5.41, 5.74) is -1.65. The van der Waals surface area contributed by atoms with Crippen LogP contribution < -0.4 is 19.3 Å². The highest BCUT2D eigenvalue weighted by Crippen LogP contribution is 2.44. The number of carbonyl (C=O) groups is 3. The SMILES string of the molecule is C#CCN1C(=O)C(F)(F)Oc2cc(F)c(N3C(=O)c4ccc(OC(F)F)cc4C3=O)cc21. The summed E-state index contributed by atoms with van der Waals surface area (Å²) in [6.45, 7) is -3.82. The van der Waals surface area contributed by atoms with Gasteiger partial charge in [-0.15, -0.1) is 6.42 Å². The molecule has 2 heterocycles. The highest BCUT2D eigenvalue weighted by Gasteiger charge is 2.51. The summed E-state index contributed by atoms with van der Waals surface area (Å²) in [7, 11) is 0. The molecule has 0 saturated carbocycles. The zero-order valence-corrected chi connectivity index (χ0v) is 15.6. The molecule has 0 bridgehead atoms. The van der Waals surface area contributed by atoms with Gasteiger partial charge in [0, 0.05) is 6.07 Å². The smallest absolute Gasteiger partial charge is 0.435 e. The van der Waals surface area contributed by atoms with E-state index in [1.54, 1.807) is 0 Å². The number of amides is 3. The molecule has 0 spiro atoms. The molecule has 0 N–H and O–H groups in total. The van der Waals surface area contributed by atoms with E-state index >= 15 is 0 Å². The molecule has 2 aromatic rings. The lowest BCUT2D eigenvalue weighted by atomic mass is 10.1. The third-order valence-corrected chi connectivity index (χ3v) is 4.62. The van der Waals surface area contributed by atoms with Gasteiger partial charge < -0.3 is 9.47 Å². The molecule has 3 amide bonds. The molecule has 0 aliphatic carbocycles. The van der Waals surface area contributed by atoms with Gasteiger partial charge >= 0.3 is 18.6 Å². The van der Waals surface area contributed by atoms with Crippen molar-refractivity contribution in [1.82, 2.24) is 0 Å². The van der Waals surface area contributed by atoms with Gasteiger partial charge in [-0.3, -0.25) is 19.3 Å². The van der Waals surface area contributed by atoms with Crippen molar-refractivity contribution in [2.45, 2.75) is 12.7 Å². The second-order valence-electron chi connectivity index (χ2n) is 6.52. The quantitative estimate of drug-likeness (QED) is 0.405. The molecular weight excluding hydrogens is 443 g/mol. The molecule has 2 aliphatic heterocycles. The fourth-order valence-corrected chi connectivity index (χ4v) is 3.31. The Morgan fingerprint density at radius 1 is 1.06 bits per heavy atom. The van der Waals surface area contributed by atoms with E-state index in [9.17, 15) is 36.3 Å². The van der Waals surface area contributed by atoms with Crippen molar-refractivity contribution in [2.75, 3.05) is 16.3 Å². The van der Waals surface area contributed by atoms with Crippen molar-refractivity contribution in [1.29, 1.82) is 0 Å². The second kappa shape index (κ2) is 7.23. The van der Waals surface area contributed by atoms with Crippen LogP contribution in [0.25, 0.3) is 0 Å². The molecule has 32 heavy (non-hydrogen) atoms. The van der Waals surface area contributed by atoms with Crippen molar-refractivity contribution in [2.24, 2.45) is 0 Å². The van der Waals surface area contributed by atoms with Crippen LogP contribution in [0.1, 0.15) is 20.7 Å². The van der Waals surface area contributed by atoms with Crippen molar-refractivity contribution in [3.05, 3.63) is 47.3 Å². The van der Waals surface area contributed by atoms with Gasteiger partial charge in [0.15, 0.2) is 11.6 Å². The number of nitrogens with zero attached hydrogens (tertiary/aromatic N) is 2. The number of benzene rings is 2. The maximum Gasteiger partial charge on any atom is 0.483 e. The molecule has 0 fully saturated rings. The molecule has 0 atom stereocenters. The molecule has 0 aromatic heterocycles. The summed E-state index contributed by atoms with van der Waals surface area (Å²) in [6, 6.07) is 4.21. The van der Waals surface area contributed by atoms with Crippen molar-refractivity contribution in [3.63, 3.8) is 0 Å². The van der Waals surface area contributed by atoms with Crippen LogP contribution in [-0.4, -0.2) is 37.0 Å². The van der Waals surface area contributed by atoms with Crippen LogP contribution in [0.2, 0.25) is 0 Å². The Morgan fingerprint density at radius 2 is 1.75 bits per heavy atom. The highest BCUT2D eigenvalue weighted by molar-refractivity contribution is 6.34. The van der Waals surface area contributed by atoms with Crippen molar-refractivity contribution >= 4 is 29.1 Å². The number of carbonyl (C=O) groups excluding carboxylic acids is 3. The second-order valence-corrected chi connectivity index (χ2v) is 6.52. The number of imide groups is 1. The number of hydrogen-bond donors (Lipinski definition) is 0. The first-order valence-corrected chi connectivity index (χ1v) is 8.68. The lowest BCUT2D eigenvalue weighted by molar-refractivity contribution is -0.192. The Morgan fingerprint density at radius 3 is 2.41 bits per heavy atom. The van der Waals surface area contributed by atoms with Crippen LogP contribution in [0.15, 0.2) is 30.3 Å². The number of alkyl halides is 4. The molecule has 12 heteroatoms. The van der Waals surface area contributed by atoms with Crippen LogP contribution in [-0.2, 0) is 4.79 Å². The Balaban J connectivity index is 1.80. The maximum absolute atomic E-state index is 14.8. The molecule has 164 valence electrons. The first kappa shape index (κ1) is 21.1. The first-order valence-electron chi connectivity index (χ1n) is 8.68. The minimum atomic E-state index is -4.31.